The summed E-state index contributed by atoms with van der Waals surface area (Å²) in [6, 6.07) is -0.335. The Bertz CT molecular complexity index is 412. The van der Waals surface area contributed by atoms with Crippen LogP contribution in [-0.2, 0) is 0 Å². The van der Waals surface area contributed by atoms with Gasteiger partial charge in [0.25, 0.3) is 0 Å². The van der Waals surface area contributed by atoms with Gasteiger partial charge in [-0.3, -0.25) is 0 Å². The summed E-state index contributed by atoms with van der Waals surface area (Å²) in [6.45, 7) is 7.50. The van der Waals surface area contributed by atoms with Crippen molar-refractivity contribution < 1.29 is 9.90 Å². The molecule has 0 bridgehead atoms. The van der Waals surface area contributed by atoms with E-state index in [0.29, 0.717) is 0 Å². The summed E-state index contributed by atoms with van der Waals surface area (Å²) in [4.78, 5) is 18.7. The number of aromatic nitrogens is 1. The fourth-order valence-electron chi connectivity index (χ4n) is 1.58. The Morgan fingerprint density at radius 1 is 1.67 bits per heavy atom. The van der Waals surface area contributed by atoms with Crippen molar-refractivity contribution in [3.63, 3.8) is 0 Å². The van der Waals surface area contributed by atoms with E-state index in [-0.39, 0.29) is 18.6 Å². The molecule has 1 atom stereocenters. The number of rotatable bonds is 4. The normalized spacial score (nSPS) is 13.2. The molecule has 1 unspecified atom stereocenters. The van der Waals surface area contributed by atoms with Crippen molar-refractivity contribution in [3.05, 3.63) is 16.1 Å². The Hall–Kier alpha value is -1.14. The van der Waals surface area contributed by atoms with E-state index in [9.17, 15) is 9.90 Å². The summed E-state index contributed by atoms with van der Waals surface area (Å²) in [5, 5.41) is 13.4. The molecule has 0 radical (unpaired) electrons. The van der Waals surface area contributed by atoms with Gasteiger partial charge in [-0.2, -0.15) is 0 Å². The van der Waals surface area contributed by atoms with Crippen LogP contribution >= 0.6 is 11.3 Å². The van der Waals surface area contributed by atoms with E-state index in [1.165, 1.54) is 4.90 Å². The number of thiazole rings is 1. The van der Waals surface area contributed by atoms with Crippen LogP contribution in [0.1, 0.15) is 36.7 Å². The van der Waals surface area contributed by atoms with Gasteiger partial charge in [0.1, 0.15) is 5.01 Å². The number of nitrogens with zero attached hydrogens (tertiary/aromatic N) is 2. The molecule has 0 aliphatic rings. The largest absolute Gasteiger partial charge is 0.389 e. The first kappa shape index (κ1) is 14.9. The van der Waals surface area contributed by atoms with E-state index in [1.54, 1.807) is 38.4 Å². The van der Waals surface area contributed by atoms with Crippen LogP contribution in [0, 0.1) is 6.92 Å². The van der Waals surface area contributed by atoms with E-state index in [1.807, 2.05) is 13.8 Å². The van der Waals surface area contributed by atoms with Crippen LogP contribution in [0.15, 0.2) is 6.20 Å². The molecular formula is C12H21N3O2S. The number of aryl methyl sites for hydroxylation is 1. The van der Waals surface area contributed by atoms with Crippen molar-refractivity contribution in [2.75, 3.05) is 13.6 Å². The Morgan fingerprint density at radius 2 is 2.28 bits per heavy atom. The lowest BCUT2D eigenvalue weighted by Gasteiger charge is -2.26. The number of urea groups is 1. The number of aliphatic hydroxyl groups is 1. The molecule has 102 valence electrons. The van der Waals surface area contributed by atoms with Gasteiger partial charge < -0.3 is 15.3 Å². The SMILES string of the molecule is Cc1cnc(C(C)NC(=O)N(C)CC(C)(C)O)s1. The molecule has 1 aromatic heterocycles. The van der Waals surface area contributed by atoms with Crippen LogP contribution in [0.25, 0.3) is 0 Å². The number of amides is 2. The first-order valence-corrected chi connectivity index (χ1v) is 6.67. The molecule has 18 heavy (non-hydrogen) atoms. The zero-order valence-electron chi connectivity index (χ0n) is 11.5. The number of hydrogen-bond acceptors (Lipinski definition) is 4. The quantitative estimate of drug-likeness (QED) is 0.879. The zero-order chi connectivity index (χ0) is 13.9. The Kier molecular flexibility index (Phi) is 4.70. The minimum absolute atomic E-state index is 0.125. The Morgan fingerprint density at radius 3 is 2.72 bits per heavy atom. The van der Waals surface area contributed by atoms with Gasteiger partial charge in [-0.25, -0.2) is 9.78 Å². The van der Waals surface area contributed by atoms with Crippen LogP contribution in [0.4, 0.5) is 4.79 Å². The highest BCUT2D eigenvalue weighted by Gasteiger charge is 2.21. The molecular weight excluding hydrogens is 250 g/mol. The molecule has 2 amide bonds. The van der Waals surface area contributed by atoms with Gasteiger partial charge in [0.2, 0.25) is 0 Å². The number of nitrogens with one attached hydrogen (secondary N) is 1. The van der Waals surface area contributed by atoms with Gasteiger partial charge in [-0.1, -0.05) is 0 Å². The zero-order valence-corrected chi connectivity index (χ0v) is 12.3. The number of likely N-dealkylation sites (N-methyl/N-ethyl adjacent to an activating group) is 1. The smallest absolute Gasteiger partial charge is 0.317 e. The molecule has 0 saturated carbocycles. The molecule has 0 aliphatic heterocycles. The average Bonchev–Trinajstić information content (AvgIpc) is 2.62. The second-order valence-corrected chi connectivity index (χ2v) is 6.42. The van der Waals surface area contributed by atoms with Crippen molar-refractivity contribution in [2.24, 2.45) is 0 Å². The van der Waals surface area contributed by atoms with E-state index < -0.39 is 5.60 Å². The third-order valence-corrected chi connectivity index (χ3v) is 3.42. The lowest BCUT2D eigenvalue weighted by molar-refractivity contribution is 0.0528. The Balaban J connectivity index is 2.54. The van der Waals surface area contributed by atoms with Crippen molar-refractivity contribution in [1.29, 1.82) is 0 Å². The van der Waals surface area contributed by atoms with Gasteiger partial charge in [0.05, 0.1) is 18.2 Å². The van der Waals surface area contributed by atoms with Crippen LogP contribution in [0.2, 0.25) is 0 Å². The minimum atomic E-state index is -0.896. The van der Waals surface area contributed by atoms with Crippen molar-refractivity contribution in [1.82, 2.24) is 15.2 Å². The summed E-state index contributed by atoms with van der Waals surface area (Å²) < 4.78 is 0. The van der Waals surface area contributed by atoms with E-state index in [4.69, 9.17) is 0 Å². The van der Waals surface area contributed by atoms with Crippen LogP contribution in [-0.4, -0.2) is 40.2 Å². The maximum atomic E-state index is 11.9. The maximum Gasteiger partial charge on any atom is 0.317 e. The topological polar surface area (TPSA) is 65.5 Å². The summed E-state index contributed by atoms with van der Waals surface area (Å²) in [7, 11) is 1.66. The van der Waals surface area contributed by atoms with E-state index >= 15 is 0 Å². The predicted molar refractivity (Wildman–Crippen MR) is 72.7 cm³/mol. The highest BCUT2D eigenvalue weighted by molar-refractivity contribution is 7.11. The fraction of sp³-hybridized carbons (Fsp3) is 0.667. The number of carbonyl (C=O) groups excluding carboxylic acids is 1. The molecule has 5 nitrogen and oxygen atoms in total. The highest BCUT2D eigenvalue weighted by Crippen LogP contribution is 2.19. The molecule has 0 spiro atoms. The first-order valence-electron chi connectivity index (χ1n) is 5.85. The van der Waals surface area contributed by atoms with Gasteiger partial charge in [0.15, 0.2) is 0 Å². The molecule has 1 heterocycles. The van der Waals surface area contributed by atoms with Gasteiger partial charge in [0, 0.05) is 18.1 Å². The predicted octanol–water partition coefficient (Wildman–Crippen LogP) is 1.92. The molecule has 0 saturated heterocycles. The fourth-order valence-corrected chi connectivity index (χ4v) is 2.36. The lowest BCUT2D eigenvalue weighted by atomic mass is 10.1. The third kappa shape index (κ3) is 4.62. The summed E-state index contributed by atoms with van der Waals surface area (Å²) in [5.74, 6) is 0. The van der Waals surface area contributed by atoms with Gasteiger partial charge in [-0.05, 0) is 27.7 Å². The van der Waals surface area contributed by atoms with Crippen LogP contribution in [0.3, 0.4) is 0 Å². The van der Waals surface area contributed by atoms with Crippen molar-refractivity contribution in [3.8, 4) is 0 Å². The van der Waals surface area contributed by atoms with Gasteiger partial charge in [-0.15, -0.1) is 11.3 Å². The van der Waals surface area contributed by atoms with Crippen molar-refractivity contribution in [2.45, 2.75) is 39.3 Å². The molecule has 0 fully saturated rings. The molecule has 1 rings (SSSR count). The maximum absolute atomic E-state index is 11.9. The summed E-state index contributed by atoms with van der Waals surface area (Å²) in [6.07, 6.45) is 1.79. The monoisotopic (exact) mass is 271 g/mol. The molecule has 1 aromatic rings. The highest BCUT2D eigenvalue weighted by atomic mass is 32.1. The summed E-state index contributed by atoms with van der Waals surface area (Å²) >= 11 is 1.57. The standard InChI is InChI=1S/C12H21N3O2S/c1-8-6-13-10(18-8)9(2)14-11(16)15(5)7-12(3,4)17/h6,9,17H,7H2,1-5H3,(H,14,16). The average molecular weight is 271 g/mol. The van der Waals surface area contributed by atoms with Gasteiger partial charge >= 0.3 is 6.03 Å². The van der Waals surface area contributed by atoms with E-state index in [2.05, 4.69) is 10.3 Å². The third-order valence-electron chi connectivity index (χ3n) is 2.32. The molecule has 0 aliphatic carbocycles. The number of hydrogen-bond donors (Lipinski definition) is 2. The lowest BCUT2D eigenvalue weighted by Crippen LogP contribution is -2.45. The van der Waals surface area contributed by atoms with Crippen molar-refractivity contribution >= 4 is 17.4 Å². The molecule has 0 aromatic carbocycles. The van der Waals surface area contributed by atoms with Crippen LogP contribution < -0.4 is 5.32 Å². The first-order chi connectivity index (χ1) is 8.19. The Labute approximate surface area is 112 Å². The van der Waals surface area contributed by atoms with Crippen LogP contribution in [0.5, 0.6) is 0 Å². The second kappa shape index (κ2) is 5.67. The second-order valence-electron chi connectivity index (χ2n) is 5.15. The molecule has 2 N–H and O–H groups in total. The minimum Gasteiger partial charge on any atom is -0.389 e. The van der Waals surface area contributed by atoms with E-state index in [0.717, 1.165) is 9.88 Å². The summed E-state index contributed by atoms with van der Waals surface area (Å²) in [5.41, 5.74) is -0.896. The number of carbonyl (C=O) groups is 1. The molecule has 6 heteroatoms.